The molecule has 154 valence electrons. The summed E-state index contributed by atoms with van der Waals surface area (Å²) in [7, 11) is 0. The molecule has 4 aromatic rings. The number of para-hydroxylation sites is 2. The van der Waals surface area contributed by atoms with Crippen LogP contribution in [0.1, 0.15) is 53.7 Å². The lowest BCUT2D eigenvalue weighted by molar-refractivity contribution is 0.0926. The van der Waals surface area contributed by atoms with Gasteiger partial charge in [-0.3, -0.25) is 4.79 Å². The van der Waals surface area contributed by atoms with Gasteiger partial charge < -0.3 is 14.3 Å². The van der Waals surface area contributed by atoms with Crippen LogP contribution in [0.15, 0.2) is 71.3 Å². The van der Waals surface area contributed by atoms with Gasteiger partial charge in [-0.05, 0) is 47.7 Å². The quantitative estimate of drug-likeness (QED) is 0.443. The van der Waals surface area contributed by atoms with Crippen LogP contribution in [-0.4, -0.2) is 22.0 Å². The van der Waals surface area contributed by atoms with Crippen LogP contribution in [0.2, 0.25) is 0 Å². The summed E-state index contributed by atoms with van der Waals surface area (Å²) in [6.07, 6.45) is 3.28. The molecule has 0 bridgehead atoms. The van der Waals surface area contributed by atoms with E-state index in [-0.39, 0.29) is 5.91 Å². The van der Waals surface area contributed by atoms with Gasteiger partial charge in [-0.25, -0.2) is 4.98 Å². The fourth-order valence-electron chi connectivity index (χ4n) is 3.65. The van der Waals surface area contributed by atoms with Crippen molar-refractivity contribution in [1.82, 2.24) is 14.9 Å². The van der Waals surface area contributed by atoms with Gasteiger partial charge in [-0.15, -0.1) is 0 Å². The minimum atomic E-state index is -0.205. The second kappa shape index (κ2) is 8.99. The zero-order valence-electron chi connectivity index (χ0n) is 17.5. The van der Waals surface area contributed by atoms with Crippen molar-refractivity contribution in [1.29, 1.82) is 0 Å². The van der Waals surface area contributed by atoms with E-state index in [1.807, 2.05) is 18.2 Å². The smallest absolute Gasteiger partial charge is 0.286 e. The molecule has 1 amide bonds. The van der Waals surface area contributed by atoms with E-state index in [4.69, 9.17) is 9.40 Å². The first kappa shape index (κ1) is 20.0. The van der Waals surface area contributed by atoms with Crippen LogP contribution >= 0.6 is 0 Å². The lowest BCUT2D eigenvalue weighted by Gasteiger charge is -2.12. The van der Waals surface area contributed by atoms with E-state index in [1.54, 1.807) is 12.1 Å². The maximum atomic E-state index is 12.1. The Kier molecular flexibility index (Phi) is 5.98. The molecule has 1 N–H and O–H groups in total. The van der Waals surface area contributed by atoms with Crippen molar-refractivity contribution >= 4 is 16.9 Å². The largest absolute Gasteiger partial charge is 0.459 e. The molecule has 30 heavy (non-hydrogen) atoms. The number of hydrogen-bond acceptors (Lipinski definition) is 3. The topological polar surface area (TPSA) is 60.1 Å². The van der Waals surface area contributed by atoms with E-state index in [2.05, 4.69) is 54.1 Å². The van der Waals surface area contributed by atoms with Gasteiger partial charge in [-0.1, -0.05) is 50.2 Å². The highest BCUT2D eigenvalue weighted by molar-refractivity contribution is 5.91. The SMILES string of the molecule is CCC(C)c1ccc(Cn2c(CCNC(=O)c3ccco3)nc3ccccc32)cc1. The van der Waals surface area contributed by atoms with Crippen LogP contribution in [0.4, 0.5) is 0 Å². The van der Waals surface area contributed by atoms with Crippen molar-refractivity contribution in [2.24, 2.45) is 0 Å². The molecule has 0 aliphatic rings. The van der Waals surface area contributed by atoms with Gasteiger partial charge in [-0.2, -0.15) is 0 Å². The molecule has 2 aromatic carbocycles. The summed E-state index contributed by atoms with van der Waals surface area (Å²) >= 11 is 0. The minimum Gasteiger partial charge on any atom is -0.459 e. The van der Waals surface area contributed by atoms with Crippen molar-refractivity contribution in [2.75, 3.05) is 6.54 Å². The van der Waals surface area contributed by atoms with E-state index in [9.17, 15) is 4.79 Å². The normalized spacial score (nSPS) is 12.2. The number of fused-ring (bicyclic) bond motifs is 1. The second-order valence-corrected chi connectivity index (χ2v) is 7.64. The maximum Gasteiger partial charge on any atom is 0.286 e. The van der Waals surface area contributed by atoms with Crippen LogP contribution in [0.5, 0.6) is 0 Å². The molecule has 4 rings (SSSR count). The second-order valence-electron chi connectivity index (χ2n) is 7.64. The average Bonchev–Trinajstić information content (AvgIpc) is 3.43. The summed E-state index contributed by atoms with van der Waals surface area (Å²) in [5.41, 5.74) is 4.70. The first-order valence-electron chi connectivity index (χ1n) is 10.5. The van der Waals surface area contributed by atoms with Crippen molar-refractivity contribution in [3.8, 4) is 0 Å². The Morgan fingerprint density at radius 3 is 2.63 bits per heavy atom. The van der Waals surface area contributed by atoms with E-state index in [0.29, 0.717) is 24.6 Å². The summed E-state index contributed by atoms with van der Waals surface area (Å²) in [5, 5.41) is 2.91. The first-order chi connectivity index (χ1) is 14.7. The third-order valence-electron chi connectivity index (χ3n) is 5.61. The number of carbonyl (C=O) groups excluding carboxylic acids is 1. The molecular formula is C25H27N3O2. The number of aromatic nitrogens is 2. The molecule has 1 atom stereocenters. The number of imidazole rings is 1. The van der Waals surface area contributed by atoms with Crippen LogP contribution < -0.4 is 5.32 Å². The Morgan fingerprint density at radius 2 is 1.90 bits per heavy atom. The van der Waals surface area contributed by atoms with Gasteiger partial charge in [0.1, 0.15) is 5.82 Å². The fourth-order valence-corrected chi connectivity index (χ4v) is 3.65. The van der Waals surface area contributed by atoms with Gasteiger partial charge in [0, 0.05) is 19.5 Å². The van der Waals surface area contributed by atoms with Gasteiger partial charge in [0.25, 0.3) is 5.91 Å². The molecule has 0 saturated carbocycles. The lowest BCUT2D eigenvalue weighted by atomic mass is 9.98. The van der Waals surface area contributed by atoms with E-state index >= 15 is 0 Å². The zero-order chi connectivity index (χ0) is 20.9. The highest BCUT2D eigenvalue weighted by atomic mass is 16.3. The molecule has 5 nitrogen and oxygen atoms in total. The Labute approximate surface area is 176 Å². The Morgan fingerprint density at radius 1 is 1.10 bits per heavy atom. The molecule has 0 radical (unpaired) electrons. The van der Waals surface area contributed by atoms with E-state index in [1.165, 1.54) is 17.4 Å². The molecule has 0 fully saturated rings. The number of nitrogens with zero attached hydrogens (tertiary/aromatic N) is 2. The van der Waals surface area contributed by atoms with Crippen molar-refractivity contribution in [3.05, 3.63) is 89.6 Å². The predicted octanol–water partition coefficient (Wildman–Crippen LogP) is 5.16. The molecule has 2 heterocycles. The molecule has 5 heteroatoms. The number of nitrogens with one attached hydrogen (secondary N) is 1. The van der Waals surface area contributed by atoms with Gasteiger partial charge in [0.15, 0.2) is 5.76 Å². The molecule has 0 aliphatic heterocycles. The molecule has 0 aliphatic carbocycles. The van der Waals surface area contributed by atoms with Gasteiger partial charge >= 0.3 is 0 Å². The number of hydrogen-bond donors (Lipinski definition) is 1. The third-order valence-corrected chi connectivity index (χ3v) is 5.61. The summed E-state index contributed by atoms with van der Waals surface area (Å²) in [5.74, 6) is 1.65. The number of furan rings is 1. The number of carbonyl (C=O) groups is 1. The molecule has 1 unspecified atom stereocenters. The Hall–Kier alpha value is -3.34. The first-order valence-corrected chi connectivity index (χ1v) is 10.5. The standard InChI is InChI=1S/C25H27N3O2/c1-3-18(2)20-12-10-19(11-13-20)17-28-22-8-5-4-7-21(22)27-24(28)14-15-26-25(29)23-9-6-16-30-23/h4-13,16,18H,3,14-15,17H2,1-2H3,(H,26,29). The number of amides is 1. The highest BCUT2D eigenvalue weighted by Gasteiger charge is 2.13. The zero-order valence-corrected chi connectivity index (χ0v) is 17.5. The van der Waals surface area contributed by atoms with E-state index < -0.39 is 0 Å². The Balaban J connectivity index is 1.52. The molecule has 0 spiro atoms. The van der Waals surface area contributed by atoms with Gasteiger partial charge in [0.05, 0.1) is 17.3 Å². The summed E-state index contributed by atoms with van der Waals surface area (Å²) in [6, 6.07) is 20.4. The minimum absolute atomic E-state index is 0.205. The van der Waals surface area contributed by atoms with Crippen LogP contribution in [-0.2, 0) is 13.0 Å². The Bertz CT molecular complexity index is 1110. The van der Waals surface area contributed by atoms with Crippen LogP contribution in [0, 0.1) is 0 Å². The van der Waals surface area contributed by atoms with Crippen molar-refractivity contribution < 1.29 is 9.21 Å². The van der Waals surface area contributed by atoms with Crippen LogP contribution in [0.25, 0.3) is 11.0 Å². The monoisotopic (exact) mass is 401 g/mol. The molecule has 2 aromatic heterocycles. The van der Waals surface area contributed by atoms with E-state index in [0.717, 1.165) is 29.8 Å². The number of benzene rings is 2. The summed E-state index contributed by atoms with van der Waals surface area (Å²) < 4.78 is 7.39. The summed E-state index contributed by atoms with van der Waals surface area (Å²) in [6.45, 7) is 5.72. The maximum absolute atomic E-state index is 12.1. The number of rotatable bonds is 8. The highest BCUT2D eigenvalue weighted by Crippen LogP contribution is 2.21. The van der Waals surface area contributed by atoms with Crippen molar-refractivity contribution in [3.63, 3.8) is 0 Å². The lowest BCUT2D eigenvalue weighted by Crippen LogP contribution is -2.26. The summed E-state index contributed by atoms with van der Waals surface area (Å²) in [4.78, 5) is 16.9. The fraction of sp³-hybridized carbons (Fsp3) is 0.280. The molecule has 0 saturated heterocycles. The average molecular weight is 402 g/mol. The molecular weight excluding hydrogens is 374 g/mol. The van der Waals surface area contributed by atoms with Crippen LogP contribution in [0.3, 0.4) is 0 Å². The van der Waals surface area contributed by atoms with Crippen molar-refractivity contribution in [2.45, 2.75) is 39.2 Å². The predicted molar refractivity (Wildman–Crippen MR) is 119 cm³/mol. The third kappa shape index (κ3) is 4.30. The van der Waals surface area contributed by atoms with Gasteiger partial charge in [0.2, 0.25) is 0 Å².